The van der Waals surface area contributed by atoms with Crippen molar-refractivity contribution in [2.75, 3.05) is 5.75 Å². The molecule has 0 atom stereocenters. The maximum Gasteiger partial charge on any atom is 0.230 e. The van der Waals surface area contributed by atoms with Crippen LogP contribution in [0.1, 0.15) is 11.4 Å². The zero-order valence-electron chi connectivity index (χ0n) is 11.5. The van der Waals surface area contributed by atoms with Crippen molar-refractivity contribution in [1.29, 1.82) is 0 Å². The van der Waals surface area contributed by atoms with Gasteiger partial charge in [0, 0.05) is 18.8 Å². The van der Waals surface area contributed by atoms with E-state index in [4.69, 9.17) is 0 Å². The number of rotatable bonds is 5. The largest absolute Gasteiger partial charge is 0.503 e. The van der Waals surface area contributed by atoms with Crippen LogP contribution < -0.4 is 10.7 Å². The number of nitrogens with zero attached hydrogens (tertiary/aromatic N) is 3. The van der Waals surface area contributed by atoms with Gasteiger partial charge in [-0.2, -0.15) is 0 Å². The number of hydrogen-bond acceptors (Lipinski definition) is 7. The molecule has 0 unspecified atom stereocenters. The molecule has 2 heterocycles. The molecule has 2 aromatic heterocycles. The van der Waals surface area contributed by atoms with Gasteiger partial charge in [-0.05, 0) is 6.92 Å². The Bertz CT molecular complexity index is 697. The molecule has 0 aliphatic carbocycles. The molecule has 0 aliphatic heterocycles. The molecule has 0 fully saturated rings. The molecular formula is C12H14N4O3S2. The second-order valence-electron chi connectivity index (χ2n) is 4.27. The number of amides is 1. The fourth-order valence-corrected chi connectivity index (χ4v) is 2.98. The van der Waals surface area contributed by atoms with Gasteiger partial charge in [-0.25, -0.2) is 0 Å². The second-order valence-corrected chi connectivity index (χ2v) is 6.33. The van der Waals surface area contributed by atoms with Gasteiger partial charge < -0.3 is 15.0 Å². The molecule has 2 aromatic rings. The maximum atomic E-state index is 11.8. The lowest BCUT2D eigenvalue weighted by Gasteiger charge is -2.14. The van der Waals surface area contributed by atoms with Gasteiger partial charge in [-0.15, -0.1) is 10.2 Å². The predicted molar refractivity (Wildman–Crippen MR) is 80.6 cm³/mol. The van der Waals surface area contributed by atoms with Crippen LogP contribution in [0.25, 0.3) is 0 Å². The minimum atomic E-state index is -0.446. The average Bonchev–Trinajstić information content (AvgIpc) is 2.96. The van der Waals surface area contributed by atoms with E-state index in [2.05, 4.69) is 15.5 Å². The van der Waals surface area contributed by atoms with Crippen LogP contribution in [0, 0.1) is 6.92 Å². The number of hydrogen-bond donors (Lipinski definition) is 2. The molecule has 21 heavy (non-hydrogen) atoms. The Balaban J connectivity index is 1.97. The topological polar surface area (TPSA) is 97.1 Å². The Labute approximate surface area is 129 Å². The summed E-state index contributed by atoms with van der Waals surface area (Å²) in [5.41, 5.74) is 2.25. The van der Waals surface area contributed by atoms with E-state index >= 15 is 0 Å². The van der Waals surface area contributed by atoms with Crippen LogP contribution >= 0.6 is 23.1 Å². The highest BCUT2D eigenvalue weighted by Gasteiger charge is 2.12. The Kier molecular flexibility index (Phi) is 4.97. The third-order valence-electron chi connectivity index (χ3n) is 2.90. The van der Waals surface area contributed by atoms with Gasteiger partial charge in [0.25, 0.3) is 0 Å². The van der Waals surface area contributed by atoms with E-state index in [-0.39, 0.29) is 24.0 Å². The van der Waals surface area contributed by atoms with Crippen molar-refractivity contribution in [3.8, 4) is 5.75 Å². The first-order chi connectivity index (χ1) is 9.99. The second kappa shape index (κ2) is 6.72. The molecular weight excluding hydrogens is 312 g/mol. The minimum absolute atomic E-state index is 0.0920. The monoisotopic (exact) mass is 326 g/mol. The lowest BCUT2D eigenvalue weighted by Crippen LogP contribution is -2.27. The Morgan fingerprint density at radius 3 is 3.00 bits per heavy atom. The highest BCUT2D eigenvalue weighted by molar-refractivity contribution is 8.01. The average molecular weight is 326 g/mol. The summed E-state index contributed by atoms with van der Waals surface area (Å²) in [7, 11) is 1.73. The first-order valence-corrected chi connectivity index (χ1v) is 7.89. The fourth-order valence-electron chi connectivity index (χ4n) is 1.66. The lowest BCUT2D eigenvalue weighted by atomic mass is 10.2. The van der Waals surface area contributed by atoms with Crippen LogP contribution in [0.5, 0.6) is 5.75 Å². The molecule has 9 heteroatoms. The zero-order valence-corrected chi connectivity index (χ0v) is 13.1. The van der Waals surface area contributed by atoms with Gasteiger partial charge in [0.1, 0.15) is 5.51 Å². The number of carbonyl (C=O) groups is 1. The normalized spacial score (nSPS) is 10.6. The first kappa shape index (κ1) is 15.5. The highest BCUT2D eigenvalue weighted by atomic mass is 32.2. The van der Waals surface area contributed by atoms with Crippen LogP contribution in [0.2, 0.25) is 0 Å². The van der Waals surface area contributed by atoms with Gasteiger partial charge in [-0.1, -0.05) is 23.1 Å². The van der Waals surface area contributed by atoms with E-state index < -0.39 is 5.43 Å². The number of pyridine rings is 1. The summed E-state index contributed by atoms with van der Waals surface area (Å²) in [5.74, 6) is -0.334. The molecule has 0 aromatic carbocycles. The van der Waals surface area contributed by atoms with Crippen LogP contribution in [0.4, 0.5) is 0 Å². The van der Waals surface area contributed by atoms with Gasteiger partial charge in [0.2, 0.25) is 11.3 Å². The smallest absolute Gasteiger partial charge is 0.230 e. The summed E-state index contributed by atoms with van der Waals surface area (Å²) in [6, 6.07) is 1.35. The van der Waals surface area contributed by atoms with Crippen LogP contribution in [0.15, 0.2) is 20.7 Å². The summed E-state index contributed by atoms with van der Waals surface area (Å²) < 4.78 is 2.39. The molecule has 0 aliphatic rings. The molecule has 0 radical (unpaired) electrons. The van der Waals surface area contributed by atoms with Crippen LogP contribution in [-0.4, -0.2) is 31.5 Å². The van der Waals surface area contributed by atoms with E-state index in [0.717, 1.165) is 4.34 Å². The van der Waals surface area contributed by atoms with Gasteiger partial charge in [0.15, 0.2) is 10.1 Å². The standard InChI is InChI=1S/C12H14N4O3S2/c1-7-3-9(17)11(19)8(16(7)2)4-13-10(18)5-20-12-15-14-6-21-12/h3,6,19H,4-5H2,1-2H3,(H,13,18). The van der Waals surface area contributed by atoms with Crippen LogP contribution in [0.3, 0.4) is 0 Å². The SMILES string of the molecule is Cc1cc(=O)c(O)c(CNC(=O)CSc2nncs2)n1C. The number of nitrogens with one attached hydrogen (secondary N) is 1. The number of aromatic nitrogens is 3. The summed E-state index contributed by atoms with van der Waals surface area (Å²) >= 11 is 2.65. The number of aromatic hydroxyl groups is 1. The Hall–Kier alpha value is -1.87. The minimum Gasteiger partial charge on any atom is -0.503 e. The Morgan fingerprint density at radius 1 is 1.57 bits per heavy atom. The molecule has 0 saturated carbocycles. The zero-order chi connectivity index (χ0) is 15.4. The highest BCUT2D eigenvalue weighted by Crippen LogP contribution is 2.18. The molecule has 0 bridgehead atoms. The Morgan fingerprint density at radius 2 is 2.33 bits per heavy atom. The summed E-state index contributed by atoms with van der Waals surface area (Å²) in [6.07, 6.45) is 0. The van der Waals surface area contributed by atoms with E-state index in [1.54, 1.807) is 24.0 Å². The number of thioether (sulfide) groups is 1. The van der Waals surface area contributed by atoms with Crippen molar-refractivity contribution < 1.29 is 9.90 Å². The van der Waals surface area contributed by atoms with Gasteiger partial charge in [0.05, 0.1) is 18.0 Å². The number of carbonyl (C=O) groups excluding carboxylic acids is 1. The van der Waals surface area contributed by atoms with Gasteiger partial charge in [-0.3, -0.25) is 9.59 Å². The molecule has 112 valence electrons. The quantitative estimate of drug-likeness (QED) is 0.784. The van der Waals surface area contributed by atoms with Crippen molar-refractivity contribution in [1.82, 2.24) is 20.1 Å². The summed E-state index contributed by atoms with van der Waals surface area (Å²) in [5, 5.41) is 20.0. The number of aryl methyl sites for hydroxylation is 1. The van der Waals surface area contributed by atoms with Crippen molar-refractivity contribution in [3.63, 3.8) is 0 Å². The van der Waals surface area contributed by atoms with Crippen LogP contribution in [-0.2, 0) is 18.4 Å². The third kappa shape index (κ3) is 3.82. The molecule has 1 amide bonds. The fraction of sp³-hybridized carbons (Fsp3) is 0.333. The van der Waals surface area contributed by atoms with E-state index in [0.29, 0.717) is 11.4 Å². The van der Waals surface area contributed by atoms with Crippen molar-refractivity contribution in [2.24, 2.45) is 7.05 Å². The molecule has 7 nitrogen and oxygen atoms in total. The van der Waals surface area contributed by atoms with Crippen molar-refractivity contribution in [3.05, 3.63) is 33.2 Å². The van der Waals surface area contributed by atoms with E-state index in [1.807, 2.05) is 0 Å². The summed E-state index contributed by atoms with van der Waals surface area (Å²) in [6.45, 7) is 1.85. The molecule has 0 spiro atoms. The van der Waals surface area contributed by atoms with Crippen molar-refractivity contribution >= 4 is 29.0 Å². The van der Waals surface area contributed by atoms with E-state index in [9.17, 15) is 14.7 Å². The molecule has 2 N–H and O–H groups in total. The third-order valence-corrected chi connectivity index (χ3v) is 4.76. The van der Waals surface area contributed by atoms with Gasteiger partial charge >= 0.3 is 0 Å². The predicted octanol–water partition coefficient (Wildman–Crippen LogP) is 0.659. The maximum absolute atomic E-state index is 11.8. The summed E-state index contributed by atoms with van der Waals surface area (Å²) in [4.78, 5) is 23.3. The van der Waals surface area contributed by atoms with Crippen molar-refractivity contribution in [2.45, 2.75) is 17.8 Å². The molecule has 2 rings (SSSR count). The van der Waals surface area contributed by atoms with E-state index in [1.165, 1.54) is 29.2 Å². The molecule has 0 saturated heterocycles. The lowest BCUT2D eigenvalue weighted by molar-refractivity contribution is -0.118. The first-order valence-electron chi connectivity index (χ1n) is 6.03.